The summed E-state index contributed by atoms with van der Waals surface area (Å²) in [5, 5.41) is 3.75. The van der Waals surface area contributed by atoms with Gasteiger partial charge in [0.05, 0.1) is 54.3 Å². The second-order valence-corrected chi connectivity index (χ2v) is 21.4. The highest BCUT2D eigenvalue weighted by molar-refractivity contribution is 7.45. The highest BCUT2D eigenvalue weighted by atomic mass is 31.2. The van der Waals surface area contributed by atoms with Crippen LogP contribution in [0.5, 0.6) is 28.7 Å². The molecular weight excluding hydrogens is 1020 g/mol. The van der Waals surface area contributed by atoms with Crippen molar-refractivity contribution in [3.63, 3.8) is 0 Å². The Bertz CT molecular complexity index is 3190. The molecule has 14 nitrogen and oxygen atoms in total. The highest BCUT2D eigenvalue weighted by Gasteiger charge is 2.56. The third-order valence-electron chi connectivity index (χ3n) is 15.8. The number of rotatable bonds is 20. The Balaban J connectivity index is 0.975. The van der Waals surface area contributed by atoms with Crippen molar-refractivity contribution in [2.75, 3.05) is 54.0 Å². The van der Waals surface area contributed by atoms with Crippen LogP contribution in [0.25, 0.3) is 0 Å². The predicted molar refractivity (Wildman–Crippen MR) is 304 cm³/mol. The first-order valence-corrected chi connectivity index (χ1v) is 27.7. The number of nitrogens with zero attached hydrogens (tertiary/aromatic N) is 3. The fourth-order valence-corrected chi connectivity index (χ4v) is 13.7. The van der Waals surface area contributed by atoms with Crippen LogP contribution < -0.4 is 34.7 Å². The molecule has 2 unspecified atom stereocenters. The number of nitrogens with one attached hydrogen (secondary N) is 1. The molecule has 406 valence electrons. The number of ether oxygens (including phenoxy) is 7. The monoisotopic (exact) mass is 1080 g/mol. The van der Waals surface area contributed by atoms with Crippen molar-refractivity contribution in [3.05, 3.63) is 244 Å². The van der Waals surface area contributed by atoms with Crippen LogP contribution in [0.2, 0.25) is 0 Å². The Labute approximate surface area is 462 Å². The first kappa shape index (κ1) is 53.5. The predicted octanol–water partition coefficient (Wildman–Crippen LogP) is 12.0. The number of aromatic nitrogens is 2. The normalized spacial score (nSPS) is 21.1. The molecular formula is C64H65N4O10P. The average molecular weight is 1080 g/mol. The average Bonchev–Trinajstić information content (AvgIpc) is 4.30. The van der Waals surface area contributed by atoms with E-state index in [9.17, 15) is 4.79 Å². The summed E-state index contributed by atoms with van der Waals surface area (Å²) in [4.78, 5) is 19.6. The Morgan fingerprint density at radius 2 is 1.06 bits per heavy atom. The number of hydrogen-bond acceptors (Lipinski definition) is 13. The third kappa shape index (κ3) is 10.3. The zero-order valence-electron chi connectivity index (χ0n) is 45.2. The second-order valence-electron chi connectivity index (χ2n) is 20.0. The smallest absolute Gasteiger partial charge is 0.351 e. The van der Waals surface area contributed by atoms with Crippen LogP contribution in [0.15, 0.2) is 199 Å². The van der Waals surface area contributed by atoms with Gasteiger partial charge in [0.1, 0.15) is 63.6 Å². The first-order valence-electron chi connectivity index (χ1n) is 26.6. The van der Waals surface area contributed by atoms with Crippen molar-refractivity contribution in [3.8, 4) is 28.7 Å². The fraction of sp³-hybridized carbons (Fsp3) is 0.281. The summed E-state index contributed by atoms with van der Waals surface area (Å²) in [6.07, 6.45) is 2.00. The number of fused-ring (bicyclic) bond motifs is 1. The summed E-state index contributed by atoms with van der Waals surface area (Å²) >= 11 is 0. The van der Waals surface area contributed by atoms with E-state index in [2.05, 4.69) is 53.3 Å². The van der Waals surface area contributed by atoms with Crippen molar-refractivity contribution in [1.82, 2.24) is 14.2 Å². The van der Waals surface area contributed by atoms with Gasteiger partial charge in [-0.1, -0.05) is 121 Å². The quantitative estimate of drug-likeness (QED) is 0.0574. The maximum Gasteiger partial charge on any atom is 0.351 e. The van der Waals surface area contributed by atoms with E-state index in [0.29, 0.717) is 41.0 Å². The van der Waals surface area contributed by atoms with Gasteiger partial charge in [0.25, 0.3) is 8.53 Å². The zero-order chi connectivity index (χ0) is 54.6. The van der Waals surface area contributed by atoms with Gasteiger partial charge in [0.2, 0.25) is 0 Å². The van der Waals surface area contributed by atoms with Gasteiger partial charge in [0, 0.05) is 19.2 Å². The minimum absolute atomic E-state index is 0.0621. The fourth-order valence-electron chi connectivity index (χ4n) is 11.5. The van der Waals surface area contributed by atoms with Crippen molar-refractivity contribution in [2.45, 2.75) is 67.4 Å². The molecule has 7 aromatic carbocycles. The summed E-state index contributed by atoms with van der Waals surface area (Å²) in [6.45, 7) is 3.08. The maximum absolute atomic E-state index is 14.9. The molecule has 0 radical (unpaired) electrons. The van der Waals surface area contributed by atoms with Crippen LogP contribution in [0.4, 0.5) is 5.82 Å². The Morgan fingerprint density at radius 3 is 1.53 bits per heavy atom. The number of hydrogen-bond donors (Lipinski definition) is 1. The molecule has 3 saturated heterocycles. The van der Waals surface area contributed by atoms with Crippen LogP contribution in [0, 0.1) is 0 Å². The van der Waals surface area contributed by atoms with Crippen LogP contribution in [-0.4, -0.2) is 81.2 Å². The zero-order valence-corrected chi connectivity index (χ0v) is 46.1. The van der Waals surface area contributed by atoms with Gasteiger partial charge in [-0.15, -0.1) is 0 Å². The molecule has 3 fully saturated rings. The standard InChI is InChI=1S/C64H65N4O10P/c1-62(44-14-9-7-10-15-44)58-18-13-40-68(58)79(78-62)77-56-42-60(76-57(56)43-75-64(48-16-11-8-12-17-48,49-25-35-54(73-5)36-26-49)50-27-37-55(74-6)38-28-50)67-41-39-59(65-61(67)69)66-63(45-19-29-51(70-2)30-20-45,46-21-31-52(71-3)32-22-46)47-23-33-53(72-4)34-24-47/h7-12,14-17,19-39,41,56-58,60H,13,18,40,42-43H2,1-6H3,(H,65,66,69)/t56-,57+,58?,60+,62+,79?/m0/s1. The molecule has 0 saturated carbocycles. The van der Waals surface area contributed by atoms with Crippen LogP contribution >= 0.6 is 8.53 Å². The van der Waals surface area contributed by atoms with E-state index in [4.69, 9.17) is 47.2 Å². The third-order valence-corrected chi connectivity index (χ3v) is 17.6. The van der Waals surface area contributed by atoms with Crippen molar-refractivity contribution < 1.29 is 42.2 Å². The lowest BCUT2D eigenvalue weighted by Crippen LogP contribution is -2.39. The molecule has 1 N–H and O–H groups in total. The summed E-state index contributed by atoms with van der Waals surface area (Å²) in [5.74, 6) is 3.86. The van der Waals surface area contributed by atoms with Crippen molar-refractivity contribution in [2.24, 2.45) is 0 Å². The van der Waals surface area contributed by atoms with E-state index in [1.54, 1.807) is 46.3 Å². The largest absolute Gasteiger partial charge is 0.497 e. The first-order chi connectivity index (χ1) is 38.6. The molecule has 0 aliphatic carbocycles. The van der Waals surface area contributed by atoms with Gasteiger partial charge in [-0.3, -0.25) is 4.57 Å². The Hall–Kier alpha value is -7.55. The van der Waals surface area contributed by atoms with E-state index < -0.39 is 49.4 Å². The molecule has 3 aliphatic heterocycles. The van der Waals surface area contributed by atoms with Crippen LogP contribution in [0.1, 0.15) is 71.4 Å². The van der Waals surface area contributed by atoms with E-state index in [-0.39, 0.29) is 12.6 Å². The van der Waals surface area contributed by atoms with Gasteiger partial charge in [-0.25, -0.2) is 9.46 Å². The number of methoxy groups -OCH3 is 5. The van der Waals surface area contributed by atoms with Crippen LogP contribution in [0.3, 0.4) is 0 Å². The van der Waals surface area contributed by atoms with Gasteiger partial charge in [0.15, 0.2) is 0 Å². The van der Waals surface area contributed by atoms with E-state index >= 15 is 0 Å². The molecule has 8 aromatic rings. The molecule has 0 amide bonds. The molecule has 4 heterocycles. The van der Waals surface area contributed by atoms with Gasteiger partial charge < -0.3 is 47.5 Å². The molecule has 0 spiro atoms. The summed E-state index contributed by atoms with van der Waals surface area (Å²) in [7, 11) is 6.65. The number of benzene rings is 7. The Morgan fingerprint density at radius 1 is 0.608 bits per heavy atom. The summed E-state index contributed by atoms with van der Waals surface area (Å²) < 4.78 is 61.0. The van der Waals surface area contributed by atoms with E-state index in [0.717, 1.165) is 58.3 Å². The van der Waals surface area contributed by atoms with Gasteiger partial charge >= 0.3 is 5.69 Å². The van der Waals surface area contributed by atoms with Gasteiger partial charge in [-0.05, 0) is 125 Å². The molecule has 15 heteroatoms. The minimum atomic E-state index is -1.58. The molecule has 79 heavy (non-hydrogen) atoms. The van der Waals surface area contributed by atoms with Crippen molar-refractivity contribution in [1.29, 1.82) is 0 Å². The topological polar surface area (TPSA) is 133 Å². The van der Waals surface area contributed by atoms with Gasteiger partial charge in [-0.2, -0.15) is 4.98 Å². The molecule has 11 rings (SSSR count). The summed E-state index contributed by atoms with van der Waals surface area (Å²) in [6, 6.07) is 62.0. The minimum Gasteiger partial charge on any atom is -0.497 e. The number of anilines is 1. The second kappa shape index (κ2) is 23.0. The maximum atomic E-state index is 14.9. The van der Waals surface area contributed by atoms with Crippen molar-refractivity contribution >= 4 is 14.3 Å². The lowest BCUT2D eigenvalue weighted by atomic mass is 9.77. The molecule has 1 aromatic heterocycles. The molecule has 3 aliphatic rings. The Kier molecular flexibility index (Phi) is 15.6. The van der Waals surface area contributed by atoms with E-state index in [1.807, 2.05) is 152 Å². The highest BCUT2D eigenvalue weighted by Crippen LogP contribution is 2.64. The molecule has 0 bridgehead atoms. The summed E-state index contributed by atoms with van der Waals surface area (Å²) in [5.41, 5.74) is 3.02. The lowest BCUT2D eigenvalue weighted by Gasteiger charge is -2.37. The lowest BCUT2D eigenvalue weighted by molar-refractivity contribution is -0.0922. The van der Waals surface area contributed by atoms with Crippen LogP contribution in [-0.2, 0) is 35.3 Å². The molecule has 6 atom stereocenters. The SMILES string of the molecule is COc1ccc(C(Nc2ccn([C@H]3C[C@H](OP4O[C@](C)(c5ccccc5)C5CCCN54)[C@@H](COC(c4ccccc4)(c4ccc(OC)cc4)c4ccc(OC)cc4)O3)c(=O)n2)(c2ccc(OC)cc2)c2ccc(OC)cc2)cc1. The van der Waals surface area contributed by atoms with E-state index in [1.165, 1.54) is 0 Å².